The highest BCUT2D eigenvalue weighted by molar-refractivity contribution is 7.99. The normalized spacial score (nSPS) is 20.6. The van der Waals surface area contributed by atoms with Gasteiger partial charge in [0, 0.05) is 10.6 Å². The molecule has 1 atom stereocenters. The second kappa shape index (κ2) is 3.60. The standard InChI is InChI=1S/C10H13NOS/c1-2-7-3-4-9-8(5-7)11-10(12)6-13-9/h3-5,10-12H,2,6H2,1H3. The Kier molecular flexibility index (Phi) is 2.47. The summed E-state index contributed by atoms with van der Waals surface area (Å²) >= 11 is 1.70. The molecule has 1 aromatic carbocycles. The average molecular weight is 195 g/mol. The predicted octanol–water partition coefficient (Wildman–Crippen LogP) is 2.08. The second-order valence-corrected chi connectivity index (χ2v) is 4.22. The molecule has 1 heterocycles. The molecule has 13 heavy (non-hydrogen) atoms. The molecule has 0 bridgehead atoms. The molecule has 0 aliphatic carbocycles. The Hall–Kier alpha value is -0.670. The van der Waals surface area contributed by atoms with E-state index in [2.05, 4.69) is 30.4 Å². The first-order valence-electron chi connectivity index (χ1n) is 4.50. The maximum absolute atomic E-state index is 9.39. The highest BCUT2D eigenvalue weighted by Crippen LogP contribution is 2.33. The van der Waals surface area contributed by atoms with Crippen LogP contribution in [0.5, 0.6) is 0 Å². The Balaban J connectivity index is 2.32. The van der Waals surface area contributed by atoms with Crippen LogP contribution in [0, 0.1) is 0 Å². The summed E-state index contributed by atoms with van der Waals surface area (Å²) in [7, 11) is 0. The summed E-state index contributed by atoms with van der Waals surface area (Å²) in [6.07, 6.45) is 0.639. The third-order valence-electron chi connectivity index (χ3n) is 2.17. The Bertz CT molecular complexity index is 314. The summed E-state index contributed by atoms with van der Waals surface area (Å²) in [6, 6.07) is 6.38. The van der Waals surface area contributed by atoms with Crippen LogP contribution in [0.1, 0.15) is 12.5 Å². The van der Waals surface area contributed by atoms with E-state index in [4.69, 9.17) is 0 Å². The van der Waals surface area contributed by atoms with Crippen LogP contribution in [0.2, 0.25) is 0 Å². The van der Waals surface area contributed by atoms with Crippen LogP contribution in [-0.2, 0) is 6.42 Å². The summed E-state index contributed by atoms with van der Waals surface area (Å²) in [4.78, 5) is 1.24. The van der Waals surface area contributed by atoms with Gasteiger partial charge in [0.05, 0.1) is 5.69 Å². The lowest BCUT2D eigenvalue weighted by Gasteiger charge is -2.22. The van der Waals surface area contributed by atoms with Crippen molar-refractivity contribution in [2.24, 2.45) is 0 Å². The smallest absolute Gasteiger partial charge is 0.134 e. The lowest BCUT2D eigenvalue weighted by molar-refractivity contribution is 0.227. The molecule has 3 heteroatoms. The van der Waals surface area contributed by atoms with Crippen LogP contribution < -0.4 is 5.32 Å². The summed E-state index contributed by atoms with van der Waals surface area (Å²) < 4.78 is 0. The topological polar surface area (TPSA) is 32.3 Å². The van der Waals surface area contributed by atoms with Crippen molar-refractivity contribution in [3.05, 3.63) is 23.8 Å². The number of hydrogen-bond donors (Lipinski definition) is 2. The van der Waals surface area contributed by atoms with E-state index in [0.717, 1.165) is 17.9 Å². The summed E-state index contributed by atoms with van der Waals surface area (Å²) in [5.41, 5.74) is 2.38. The van der Waals surface area contributed by atoms with Crippen LogP contribution in [0.25, 0.3) is 0 Å². The lowest BCUT2D eigenvalue weighted by Crippen LogP contribution is -2.24. The fourth-order valence-electron chi connectivity index (χ4n) is 1.43. The molecule has 0 saturated carbocycles. The number of aryl methyl sites for hydroxylation is 1. The first-order valence-corrected chi connectivity index (χ1v) is 5.48. The third-order valence-corrected chi connectivity index (χ3v) is 3.32. The largest absolute Gasteiger partial charge is 0.373 e. The number of benzene rings is 1. The minimum Gasteiger partial charge on any atom is -0.373 e. The fraction of sp³-hybridized carbons (Fsp3) is 0.400. The molecule has 2 nitrogen and oxygen atoms in total. The van der Waals surface area contributed by atoms with E-state index >= 15 is 0 Å². The van der Waals surface area contributed by atoms with Crippen molar-refractivity contribution in [1.82, 2.24) is 0 Å². The van der Waals surface area contributed by atoms with Crippen LogP contribution in [-0.4, -0.2) is 17.1 Å². The molecule has 0 spiro atoms. The molecule has 0 saturated heterocycles. The molecule has 0 aromatic heterocycles. The maximum atomic E-state index is 9.39. The van der Waals surface area contributed by atoms with Crippen LogP contribution in [0.15, 0.2) is 23.1 Å². The summed E-state index contributed by atoms with van der Waals surface area (Å²) in [5.74, 6) is 0.735. The van der Waals surface area contributed by atoms with Gasteiger partial charge in [-0.2, -0.15) is 0 Å². The number of thioether (sulfide) groups is 1. The van der Waals surface area contributed by atoms with Gasteiger partial charge in [-0.05, 0) is 24.1 Å². The fourth-order valence-corrected chi connectivity index (χ4v) is 2.28. The zero-order chi connectivity index (χ0) is 9.26. The number of hydrogen-bond acceptors (Lipinski definition) is 3. The summed E-state index contributed by atoms with van der Waals surface area (Å²) in [5, 5.41) is 12.5. The van der Waals surface area contributed by atoms with E-state index in [9.17, 15) is 5.11 Å². The van der Waals surface area contributed by atoms with Gasteiger partial charge in [0.2, 0.25) is 0 Å². The van der Waals surface area contributed by atoms with Gasteiger partial charge in [-0.25, -0.2) is 0 Å². The Labute approximate surface area is 82.4 Å². The van der Waals surface area contributed by atoms with Crippen molar-refractivity contribution < 1.29 is 5.11 Å². The van der Waals surface area contributed by atoms with Gasteiger partial charge >= 0.3 is 0 Å². The number of anilines is 1. The van der Waals surface area contributed by atoms with Gasteiger partial charge in [0.15, 0.2) is 0 Å². The van der Waals surface area contributed by atoms with Gasteiger partial charge in [-0.15, -0.1) is 11.8 Å². The van der Waals surface area contributed by atoms with Crippen LogP contribution in [0.4, 0.5) is 5.69 Å². The molecule has 0 radical (unpaired) electrons. The van der Waals surface area contributed by atoms with Crippen molar-refractivity contribution in [2.75, 3.05) is 11.1 Å². The van der Waals surface area contributed by atoms with Crippen molar-refractivity contribution in [3.63, 3.8) is 0 Å². The average Bonchev–Trinajstić information content (AvgIpc) is 2.16. The minimum absolute atomic E-state index is 0.399. The highest BCUT2D eigenvalue weighted by Gasteiger charge is 2.15. The van der Waals surface area contributed by atoms with Gasteiger partial charge < -0.3 is 10.4 Å². The third kappa shape index (κ3) is 1.81. The van der Waals surface area contributed by atoms with Crippen molar-refractivity contribution in [2.45, 2.75) is 24.5 Å². The van der Waals surface area contributed by atoms with Crippen molar-refractivity contribution in [3.8, 4) is 0 Å². The van der Waals surface area contributed by atoms with Gasteiger partial charge in [-0.1, -0.05) is 13.0 Å². The van der Waals surface area contributed by atoms with Gasteiger partial charge in [0.25, 0.3) is 0 Å². The quantitative estimate of drug-likeness (QED) is 0.719. The molecule has 0 fully saturated rings. The Morgan fingerprint density at radius 3 is 3.23 bits per heavy atom. The van der Waals surface area contributed by atoms with Gasteiger partial charge in [0.1, 0.15) is 6.23 Å². The Morgan fingerprint density at radius 2 is 2.46 bits per heavy atom. The zero-order valence-electron chi connectivity index (χ0n) is 7.58. The van der Waals surface area contributed by atoms with E-state index < -0.39 is 6.23 Å². The number of nitrogens with one attached hydrogen (secondary N) is 1. The number of aliphatic hydroxyl groups is 1. The summed E-state index contributed by atoms with van der Waals surface area (Å²) in [6.45, 7) is 2.13. The second-order valence-electron chi connectivity index (χ2n) is 3.16. The molecule has 70 valence electrons. The van der Waals surface area contributed by atoms with E-state index in [1.165, 1.54) is 10.5 Å². The molecular formula is C10H13NOS. The molecule has 1 aliphatic rings. The first kappa shape index (κ1) is 8.91. The van der Waals surface area contributed by atoms with E-state index in [-0.39, 0.29) is 0 Å². The van der Waals surface area contributed by atoms with Gasteiger partial charge in [-0.3, -0.25) is 0 Å². The van der Waals surface area contributed by atoms with E-state index in [0.29, 0.717) is 0 Å². The molecular weight excluding hydrogens is 182 g/mol. The lowest BCUT2D eigenvalue weighted by atomic mass is 10.1. The van der Waals surface area contributed by atoms with Crippen molar-refractivity contribution in [1.29, 1.82) is 0 Å². The van der Waals surface area contributed by atoms with Crippen LogP contribution >= 0.6 is 11.8 Å². The SMILES string of the molecule is CCc1ccc2c(c1)NC(O)CS2. The molecule has 0 amide bonds. The molecule has 1 aliphatic heterocycles. The maximum Gasteiger partial charge on any atom is 0.134 e. The minimum atomic E-state index is -0.399. The number of fused-ring (bicyclic) bond motifs is 1. The number of rotatable bonds is 1. The number of aliphatic hydroxyl groups excluding tert-OH is 1. The zero-order valence-corrected chi connectivity index (χ0v) is 8.40. The van der Waals surface area contributed by atoms with Crippen LogP contribution in [0.3, 0.4) is 0 Å². The Morgan fingerprint density at radius 1 is 1.62 bits per heavy atom. The molecule has 2 rings (SSSR count). The van der Waals surface area contributed by atoms with E-state index in [1.54, 1.807) is 11.8 Å². The molecule has 1 unspecified atom stereocenters. The van der Waals surface area contributed by atoms with Crippen molar-refractivity contribution >= 4 is 17.4 Å². The predicted molar refractivity (Wildman–Crippen MR) is 56.2 cm³/mol. The molecule has 2 N–H and O–H groups in total. The highest BCUT2D eigenvalue weighted by atomic mass is 32.2. The van der Waals surface area contributed by atoms with E-state index in [1.807, 2.05) is 0 Å². The first-order chi connectivity index (χ1) is 6.29. The monoisotopic (exact) mass is 195 g/mol. The molecule has 1 aromatic rings.